The fourth-order valence-electron chi connectivity index (χ4n) is 1.57. The summed E-state index contributed by atoms with van der Waals surface area (Å²) in [5, 5.41) is 9.57. The molecule has 0 bridgehead atoms. The van der Waals surface area contributed by atoms with E-state index < -0.39 is 32.3 Å². The van der Waals surface area contributed by atoms with E-state index in [0.717, 1.165) is 0 Å². The average Bonchev–Trinajstić information content (AvgIpc) is 2.24. The monoisotopic (exact) mass is 276 g/mol. The van der Waals surface area contributed by atoms with E-state index in [0.29, 0.717) is 0 Å². The molecule has 0 fully saturated rings. The van der Waals surface area contributed by atoms with Gasteiger partial charge in [-0.25, -0.2) is 8.42 Å². The van der Waals surface area contributed by atoms with Gasteiger partial charge in [0.25, 0.3) is 0 Å². The molecule has 0 radical (unpaired) electrons. The van der Waals surface area contributed by atoms with Gasteiger partial charge in [0.1, 0.15) is 20.8 Å². The van der Waals surface area contributed by atoms with Crippen LogP contribution in [0, 0.1) is 0 Å². The van der Waals surface area contributed by atoms with Crippen LogP contribution in [0.3, 0.4) is 0 Å². The first kappa shape index (κ1) is 15.1. The number of hydrogen-bond acceptors (Lipinski definition) is 6. The molecule has 0 saturated heterocycles. The van der Waals surface area contributed by atoms with E-state index in [1.54, 1.807) is 0 Å². The molecule has 0 spiro atoms. The zero-order valence-electron chi connectivity index (χ0n) is 9.21. The van der Waals surface area contributed by atoms with Crippen molar-refractivity contribution in [1.82, 2.24) is 0 Å². The summed E-state index contributed by atoms with van der Waals surface area (Å²) in [6.07, 6.45) is 0. The Balaban J connectivity index is 0.00000162. The van der Waals surface area contributed by atoms with Crippen molar-refractivity contribution in [2.75, 3.05) is 0 Å². The average molecular weight is 276 g/mol. The summed E-state index contributed by atoms with van der Waals surface area (Å²) in [6, 6.07) is 5.40. The molecule has 2 rings (SSSR count). The summed E-state index contributed by atoms with van der Waals surface area (Å²) in [5.41, 5.74) is -0.256. The van der Waals surface area contributed by atoms with Gasteiger partial charge in [0.2, 0.25) is 11.6 Å². The number of aliphatic hydroxyl groups is 1. The maximum atomic E-state index is 11.5. The maximum Gasteiger partial charge on any atom is 1.00 e. The minimum absolute atomic E-state index is 0. The number of benzene rings is 1. The Morgan fingerprint density at radius 3 is 2.00 bits per heavy atom. The van der Waals surface area contributed by atoms with Crippen LogP contribution in [0.25, 0.3) is 5.76 Å². The van der Waals surface area contributed by atoms with E-state index in [4.69, 9.17) is 0 Å². The Morgan fingerprint density at radius 1 is 1.00 bits per heavy atom. The van der Waals surface area contributed by atoms with Crippen molar-refractivity contribution in [1.29, 1.82) is 0 Å². The summed E-state index contributed by atoms with van der Waals surface area (Å²) in [7, 11) is -5.19. The van der Waals surface area contributed by atoms with E-state index in [2.05, 4.69) is 0 Å². The van der Waals surface area contributed by atoms with Gasteiger partial charge in [0.15, 0.2) is 0 Å². The third-order valence-electron chi connectivity index (χ3n) is 2.30. The molecule has 8 heteroatoms. The molecule has 6 nitrogen and oxygen atoms in total. The van der Waals surface area contributed by atoms with Gasteiger partial charge in [-0.2, -0.15) is 0 Å². The Kier molecular flexibility index (Phi) is 4.14. The van der Waals surface area contributed by atoms with Crippen molar-refractivity contribution < 1.29 is 57.2 Å². The molecule has 1 aromatic carbocycles. The first-order chi connectivity index (χ1) is 7.84. The minimum atomic E-state index is -5.19. The van der Waals surface area contributed by atoms with E-state index in [1.165, 1.54) is 24.3 Å². The number of hydrogen-bond donors (Lipinski definition) is 1. The second-order valence-electron chi connectivity index (χ2n) is 3.34. The molecular formula is C10H5NaO6S. The smallest absolute Gasteiger partial charge is 0.744 e. The Bertz CT molecular complexity index is 673. The number of carbonyl (C=O) groups excluding carboxylic acids is 2. The molecule has 1 aliphatic rings. The summed E-state index contributed by atoms with van der Waals surface area (Å²) in [5.74, 6) is -3.59. The number of ketones is 2. The second kappa shape index (κ2) is 4.94. The van der Waals surface area contributed by atoms with Crippen LogP contribution in [0.15, 0.2) is 29.2 Å². The first-order valence-electron chi connectivity index (χ1n) is 4.41. The van der Waals surface area contributed by atoms with Crippen molar-refractivity contribution in [3.05, 3.63) is 40.3 Å². The predicted molar refractivity (Wildman–Crippen MR) is 55.0 cm³/mol. The van der Waals surface area contributed by atoms with E-state index >= 15 is 0 Å². The van der Waals surface area contributed by atoms with Crippen LogP contribution in [0.1, 0.15) is 15.9 Å². The molecule has 0 aromatic heterocycles. The molecule has 18 heavy (non-hydrogen) atoms. The van der Waals surface area contributed by atoms with Crippen LogP contribution in [0.2, 0.25) is 0 Å². The summed E-state index contributed by atoms with van der Waals surface area (Å²) in [4.78, 5) is 21.5. The predicted octanol–water partition coefficient (Wildman–Crippen LogP) is -2.77. The van der Waals surface area contributed by atoms with E-state index in [9.17, 15) is 27.7 Å². The standard InChI is InChI=1S/C10H6O6S.Na/c11-7-5-3-1-2-4-6(5)8(12)10(9(7)13)17(14,15)16;/h1-4,12H,(H,14,15,16);/q;+1/p-1. The van der Waals surface area contributed by atoms with Crippen LogP contribution in [-0.4, -0.2) is 29.6 Å². The van der Waals surface area contributed by atoms with Crippen LogP contribution in [0.5, 0.6) is 0 Å². The molecule has 1 aromatic rings. The third-order valence-corrected chi connectivity index (χ3v) is 3.18. The SMILES string of the molecule is O=C1C(=O)c2ccccc2C(O)=C1S(=O)(=O)[O-].[Na+]. The minimum Gasteiger partial charge on any atom is -0.744 e. The molecule has 0 unspecified atom stereocenters. The molecule has 0 aliphatic heterocycles. The number of rotatable bonds is 1. The Labute approximate surface area is 124 Å². The van der Waals surface area contributed by atoms with Crippen molar-refractivity contribution in [2.24, 2.45) is 0 Å². The molecule has 1 N–H and O–H groups in total. The van der Waals surface area contributed by atoms with Gasteiger partial charge < -0.3 is 9.66 Å². The molecule has 0 atom stereocenters. The van der Waals surface area contributed by atoms with E-state index in [1.807, 2.05) is 0 Å². The number of fused-ring (bicyclic) bond motifs is 1. The third kappa shape index (κ3) is 2.27. The number of carbonyl (C=O) groups is 2. The molecule has 0 heterocycles. The Hall–Kier alpha value is -0.990. The molecule has 0 saturated carbocycles. The zero-order valence-corrected chi connectivity index (χ0v) is 12.0. The number of Topliss-reactive ketones (excluding diaryl/α,β-unsaturated/α-hetero) is 2. The van der Waals surface area contributed by atoms with Crippen molar-refractivity contribution in [3.8, 4) is 0 Å². The van der Waals surface area contributed by atoms with Crippen molar-refractivity contribution >= 4 is 27.4 Å². The first-order valence-corrected chi connectivity index (χ1v) is 5.82. The fraction of sp³-hybridized carbons (Fsp3) is 0. The van der Waals surface area contributed by atoms with Gasteiger partial charge in [-0.05, 0) is 0 Å². The van der Waals surface area contributed by atoms with Gasteiger partial charge in [0, 0.05) is 11.1 Å². The largest absolute Gasteiger partial charge is 1.00 e. The number of allylic oxidation sites excluding steroid dienone is 1. The number of aliphatic hydroxyl groups excluding tert-OH is 1. The Morgan fingerprint density at radius 2 is 1.50 bits per heavy atom. The summed E-state index contributed by atoms with van der Waals surface area (Å²) in [6.45, 7) is 0. The van der Waals surface area contributed by atoms with Gasteiger partial charge >= 0.3 is 29.6 Å². The topological polar surface area (TPSA) is 112 Å². The van der Waals surface area contributed by atoms with Crippen LogP contribution >= 0.6 is 0 Å². The van der Waals surface area contributed by atoms with Gasteiger partial charge in [-0.3, -0.25) is 9.59 Å². The zero-order chi connectivity index (χ0) is 12.8. The van der Waals surface area contributed by atoms with Crippen molar-refractivity contribution in [2.45, 2.75) is 0 Å². The summed E-state index contributed by atoms with van der Waals surface area (Å²) >= 11 is 0. The molecule has 88 valence electrons. The van der Waals surface area contributed by atoms with Gasteiger partial charge in [-0.1, -0.05) is 24.3 Å². The maximum absolute atomic E-state index is 11.5. The fourth-order valence-corrected chi connectivity index (χ4v) is 2.24. The van der Waals surface area contributed by atoms with Crippen LogP contribution < -0.4 is 29.6 Å². The second-order valence-corrected chi connectivity index (χ2v) is 4.65. The van der Waals surface area contributed by atoms with Crippen molar-refractivity contribution in [3.63, 3.8) is 0 Å². The van der Waals surface area contributed by atoms with Crippen LogP contribution in [-0.2, 0) is 14.9 Å². The van der Waals surface area contributed by atoms with Gasteiger partial charge in [0.05, 0.1) is 0 Å². The van der Waals surface area contributed by atoms with E-state index in [-0.39, 0.29) is 40.7 Å². The molecule has 0 amide bonds. The van der Waals surface area contributed by atoms with Gasteiger partial charge in [-0.15, -0.1) is 0 Å². The van der Waals surface area contributed by atoms with Crippen LogP contribution in [0.4, 0.5) is 0 Å². The molecule has 1 aliphatic carbocycles. The molecular weight excluding hydrogens is 271 g/mol. The summed E-state index contributed by atoms with van der Waals surface area (Å²) < 4.78 is 32.4. The quantitative estimate of drug-likeness (QED) is 0.337. The normalized spacial score (nSPS) is 15.2.